The predicted molar refractivity (Wildman–Crippen MR) is 98.6 cm³/mol. The van der Waals surface area contributed by atoms with E-state index in [-0.39, 0.29) is 11.3 Å². The molecular weight excluding hydrogens is 314 g/mol. The third kappa shape index (κ3) is 3.10. The number of aromatic amines is 1. The molecular formula is C20H17N3O2. The summed E-state index contributed by atoms with van der Waals surface area (Å²) in [4.78, 5) is 17.0. The fraction of sp³-hybridized carbons (Fsp3) is 0.100. The Morgan fingerprint density at radius 2 is 1.72 bits per heavy atom. The molecule has 3 rings (SSSR count). The van der Waals surface area contributed by atoms with E-state index in [4.69, 9.17) is 0 Å². The molecule has 3 aromatic rings. The minimum atomic E-state index is -0.477. The minimum absolute atomic E-state index is 0.0526. The summed E-state index contributed by atoms with van der Waals surface area (Å²) in [7, 11) is 3.89. The Kier molecular flexibility index (Phi) is 4.27. The van der Waals surface area contributed by atoms with Crippen LogP contribution in [0.2, 0.25) is 0 Å². The average molecular weight is 331 g/mol. The monoisotopic (exact) mass is 331 g/mol. The molecule has 5 nitrogen and oxygen atoms in total. The van der Waals surface area contributed by atoms with Crippen LogP contribution >= 0.6 is 0 Å². The van der Waals surface area contributed by atoms with Crippen molar-refractivity contribution >= 4 is 5.69 Å². The number of aromatic nitrogens is 1. The second-order valence-electron chi connectivity index (χ2n) is 5.87. The van der Waals surface area contributed by atoms with Crippen molar-refractivity contribution in [2.75, 3.05) is 19.0 Å². The van der Waals surface area contributed by atoms with Crippen LogP contribution < -0.4 is 10.5 Å². The van der Waals surface area contributed by atoms with Gasteiger partial charge in [-0.15, -0.1) is 0 Å². The van der Waals surface area contributed by atoms with Crippen LogP contribution in [0.3, 0.4) is 0 Å². The van der Waals surface area contributed by atoms with Crippen LogP contribution in [0, 0.1) is 11.3 Å². The lowest BCUT2D eigenvalue weighted by molar-refractivity contribution is 0.477. The summed E-state index contributed by atoms with van der Waals surface area (Å²) < 4.78 is 0. The molecule has 0 spiro atoms. The maximum Gasteiger partial charge on any atom is 0.266 e. The summed E-state index contributed by atoms with van der Waals surface area (Å²) in [5.74, 6) is 0.0664. The van der Waals surface area contributed by atoms with Gasteiger partial charge < -0.3 is 15.0 Å². The van der Waals surface area contributed by atoms with Gasteiger partial charge in [0.15, 0.2) is 0 Å². The number of nitrogens with one attached hydrogen (secondary N) is 1. The molecule has 0 atom stereocenters. The summed E-state index contributed by atoms with van der Waals surface area (Å²) in [6, 6.07) is 18.1. The van der Waals surface area contributed by atoms with E-state index in [2.05, 4.69) is 4.98 Å². The van der Waals surface area contributed by atoms with E-state index in [0.717, 1.165) is 11.3 Å². The molecule has 25 heavy (non-hydrogen) atoms. The first-order valence-electron chi connectivity index (χ1n) is 7.75. The van der Waals surface area contributed by atoms with E-state index in [1.54, 1.807) is 30.3 Å². The second-order valence-corrected chi connectivity index (χ2v) is 5.87. The lowest BCUT2D eigenvalue weighted by atomic mass is 9.98. The summed E-state index contributed by atoms with van der Waals surface area (Å²) in [6.07, 6.45) is 0. The number of anilines is 1. The lowest BCUT2D eigenvalue weighted by Gasteiger charge is -2.13. The van der Waals surface area contributed by atoms with Gasteiger partial charge in [-0.1, -0.05) is 24.3 Å². The standard InChI is InChI=1S/C20H17N3O2/c1-23(2)14-9-7-13(8-10-14)16-11-18(22-20(25)17(16)12-21)15-5-3-4-6-19(15)24/h3-11,24H,1-2H3,(H,22,25). The van der Waals surface area contributed by atoms with Gasteiger partial charge in [0.25, 0.3) is 5.56 Å². The van der Waals surface area contributed by atoms with Gasteiger partial charge in [0, 0.05) is 30.9 Å². The molecule has 0 aliphatic carbocycles. The number of phenolic OH excluding ortho intramolecular Hbond substituents is 1. The van der Waals surface area contributed by atoms with Crippen LogP contribution in [0.15, 0.2) is 59.4 Å². The topological polar surface area (TPSA) is 80.1 Å². The number of phenols is 1. The van der Waals surface area contributed by atoms with Crippen molar-refractivity contribution in [1.82, 2.24) is 4.98 Å². The highest BCUT2D eigenvalue weighted by Gasteiger charge is 2.14. The molecule has 0 amide bonds. The number of para-hydroxylation sites is 1. The smallest absolute Gasteiger partial charge is 0.266 e. The van der Waals surface area contributed by atoms with E-state index >= 15 is 0 Å². The van der Waals surface area contributed by atoms with E-state index < -0.39 is 5.56 Å². The van der Waals surface area contributed by atoms with Crippen LogP contribution in [0.25, 0.3) is 22.4 Å². The number of aromatic hydroxyl groups is 1. The number of H-pyrrole nitrogens is 1. The third-order valence-corrected chi connectivity index (χ3v) is 4.03. The molecule has 124 valence electrons. The predicted octanol–water partition coefficient (Wildman–Crippen LogP) is 3.35. The van der Waals surface area contributed by atoms with Gasteiger partial charge in [-0.25, -0.2) is 0 Å². The Labute approximate surface area is 145 Å². The maximum absolute atomic E-state index is 12.4. The third-order valence-electron chi connectivity index (χ3n) is 4.03. The van der Waals surface area contributed by atoms with Gasteiger partial charge in [-0.3, -0.25) is 4.79 Å². The highest BCUT2D eigenvalue weighted by atomic mass is 16.3. The Morgan fingerprint density at radius 3 is 2.32 bits per heavy atom. The Bertz CT molecular complexity index is 1010. The first kappa shape index (κ1) is 16.3. The zero-order valence-corrected chi connectivity index (χ0v) is 13.9. The zero-order chi connectivity index (χ0) is 18.0. The summed E-state index contributed by atoms with van der Waals surface area (Å²) in [5, 5.41) is 19.4. The van der Waals surface area contributed by atoms with Gasteiger partial charge in [0.05, 0.1) is 5.69 Å². The summed E-state index contributed by atoms with van der Waals surface area (Å²) in [5.41, 5.74) is 2.88. The SMILES string of the molecule is CN(C)c1ccc(-c2cc(-c3ccccc3O)[nH]c(=O)c2C#N)cc1. The van der Waals surface area contributed by atoms with Gasteiger partial charge in [-0.2, -0.15) is 5.26 Å². The number of pyridine rings is 1. The number of hydrogen-bond acceptors (Lipinski definition) is 4. The van der Waals surface area contributed by atoms with Crippen LogP contribution in [0.5, 0.6) is 5.75 Å². The van der Waals surface area contributed by atoms with Crippen molar-refractivity contribution in [3.8, 4) is 34.2 Å². The average Bonchev–Trinajstić information content (AvgIpc) is 2.61. The lowest BCUT2D eigenvalue weighted by Crippen LogP contribution is -2.13. The molecule has 0 fully saturated rings. The van der Waals surface area contributed by atoms with Crippen molar-refractivity contribution in [2.45, 2.75) is 0 Å². The molecule has 1 aromatic heterocycles. The van der Waals surface area contributed by atoms with Gasteiger partial charge in [0.1, 0.15) is 17.4 Å². The Morgan fingerprint density at radius 1 is 1.04 bits per heavy atom. The molecule has 0 aliphatic heterocycles. The van der Waals surface area contributed by atoms with Gasteiger partial charge in [-0.05, 0) is 35.9 Å². The molecule has 0 saturated heterocycles. The maximum atomic E-state index is 12.4. The van der Waals surface area contributed by atoms with Crippen molar-refractivity contribution in [2.24, 2.45) is 0 Å². The number of benzene rings is 2. The van der Waals surface area contributed by atoms with E-state index in [1.807, 2.05) is 49.3 Å². The van der Waals surface area contributed by atoms with Crippen LogP contribution in [-0.2, 0) is 0 Å². The number of rotatable bonds is 3. The largest absolute Gasteiger partial charge is 0.507 e. The van der Waals surface area contributed by atoms with Crippen LogP contribution in [0.1, 0.15) is 5.56 Å². The summed E-state index contributed by atoms with van der Waals surface area (Å²) >= 11 is 0. The second kappa shape index (κ2) is 6.54. The molecule has 2 N–H and O–H groups in total. The fourth-order valence-electron chi connectivity index (χ4n) is 2.68. The van der Waals surface area contributed by atoms with Crippen molar-refractivity contribution in [1.29, 1.82) is 5.26 Å². The van der Waals surface area contributed by atoms with Crippen LogP contribution in [0.4, 0.5) is 5.69 Å². The Hall–Kier alpha value is -3.52. The van der Waals surface area contributed by atoms with Gasteiger partial charge in [0.2, 0.25) is 0 Å². The zero-order valence-electron chi connectivity index (χ0n) is 13.9. The summed E-state index contributed by atoms with van der Waals surface area (Å²) in [6.45, 7) is 0. The van der Waals surface area contributed by atoms with Crippen molar-refractivity contribution < 1.29 is 5.11 Å². The molecule has 5 heteroatoms. The first-order chi connectivity index (χ1) is 12.0. The molecule has 0 bridgehead atoms. The van der Waals surface area contributed by atoms with Crippen LogP contribution in [-0.4, -0.2) is 24.2 Å². The quantitative estimate of drug-likeness (QED) is 0.771. The molecule has 0 saturated carbocycles. The van der Waals surface area contributed by atoms with Crippen molar-refractivity contribution in [3.63, 3.8) is 0 Å². The molecule has 1 heterocycles. The first-order valence-corrected chi connectivity index (χ1v) is 7.75. The van der Waals surface area contributed by atoms with Crippen molar-refractivity contribution in [3.05, 3.63) is 70.5 Å². The fourth-order valence-corrected chi connectivity index (χ4v) is 2.68. The van der Waals surface area contributed by atoms with Gasteiger partial charge >= 0.3 is 0 Å². The molecule has 0 radical (unpaired) electrons. The highest BCUT2D eigenvalue weighted by Crippen LogP contribution is 2.31. The molecule has 0 unspecified atom stereocenters. The van der Waals surface area contributed by atoms with E-state index in [0.29, 0.717) is 16.8 Å². The normalized spacial score (nSPS) is 10.3. The number of nitriles is 1. The highest BCUT2D eigenvalue weighted by molar-refractivity contribution is 5.77. The van der Waals surface area contributed by atoms with E-state index in [1.165, 1.54) is 0 Å². The molecule has 0 aliphatic rings. The number of hydrogen-bond donors (Lipinski definition) is 2. The van der Waals surface area contributed by atoms with E-state index in [9.17, 15) is 15.2 Å². The Balaban J connectivity index is 2.20. The molecule has 2 aromatic carbocycles. The number of nitrogens with zero attached hydrogens (tertiary/aromatic N) is 2. The minimum Gasteiger partial charge on any atom is -0.507 e.